The van der Waals surface area contributed by atoms with E-state index in [1.165, 1.54) is 17.2 Å². The Morgan fingerprint density at radius 1 is 0.900 bits per heavy atom. The standard InChI is InChI=1S/C21H23FN6O.ClH/c1-14-7-8-16(13-15(14)2)23-19-25-20(24-18-6-4-3-5-17(18)22)27-21(26-19)28-9-11-29-12-10-28;/h3-8,13H,9-12H2,1-2H3,(H2,23,24,25,26,27);1H. The molecule has 7 nitrogen and oxygen atoms in total. The van der Waals surface area contributed by atoms with Gasteiger partial charge in [0.1, 0.15) is 5.82 Å². The van der Waals surface area contributed by atoms with Crippen molar-refractivity contribution in [1.82, 2.24) is 15.0 Å². The van der Waals surface area contributed by atoms with E-state index in [2.05, 4.69) is 39.4 Å². The predicted molar refractivity (Wildman–Crippen MR) is 119 cm³/mol. The molecule has 0 aliphatic carbocycles. The summed E-state index contributed by atoms with van der Waals surface area (Å²) in [6, 6.07) is 12.5. The largest absolute Gasteiger partial charge is 0.378 e. The normalized spacial score (nSPS) is 13.5. The molecular formula is C21H24ClFN6O. The van der Waals surface area contributed by atoms with Gasteiger partial charge in [0.2, 0.25) is 17.8 Å². The third-order valence-electron chi connectivity index (χ3n) is 4.80. The highest BCUT2D eigenvalue weighted by molar-refractivity contribution is 5.85. The van der Waals surface area contributed by atoms with E-state index in [1.807, 2.05) is 23.1 Å². The number of anilines is 5. The maximum atomic E-state index is 14.1. The molecule has 0 radical (unpaired) electrons. The molecule has 0 spiro atoms. The Kier molecular flexibility index (Phi) is 7.02. The van der Waals surface area contributed by atoms with Gasteiger partial charge in [-0.2, -0.15) is 15.0 Å². The maximum Gasteiger partial charge on any atom is 0.233 e. The van der Waals surface area contributed by atoms with Crippen LogP contribution in [-0.4, -0.2) is 41.3 Å². The SMILES string of the molecule is Cc1ccc(Nc2nc(Nc3ccccc3F)nc(N3CCOCC3)n2)cc1C.Cl. The minimum absolute atomic E-state index is 0. The van der Waals surface area contributed by atoms with E-state index < -0.39 is 0 Å². The Hall–Kier alpha value is -2.97. The lowest BCUT2D eigenvalue weighted by molar-refractivity contribution is 0.122. The Morgan fingerprint density at radius 2 is 1.60 bits per heavy atom. The van der Waals surface area contributed by atoms with E-state index in [0.717, 1.165) is 5.69 Å². The quantitative estimate of drug-likeness (QED) is 0.622. The van der Waals surface area contributed by atoms with Gasteiger partial charge in [-0.3, -0.25) is 0 Å². The van der Waals surface area contributed by atoms with Crippen molar-refractivity contribution in [3.05, 3.63) is 59.4 Å². The highest BCUT2D eigenvalue weighted by atomic mass is 35.5. The number of aryl methyl sites for hydroxylation is 2. The van der Waals surface area contributed by atoms with Gasteiger partial charge >= 0.3 is 0 Å². The van der Waals surface area contributed by atoms with Crippen LogP contribution in [0.5, 0.6) is 0 Å². The fraction of sp³-hybridized carbons (Fsp3) is 0.286. The molecule has 4 rings (SSSR count). The summed E-state index contributed by atoms with van der Waals surface area (Å²) in [5.41, 5.74) is 3.57. The summed E-state index contributed by atoms with van der Waals surface area (Å²) in [4.78, 5) is 15.5. The van der Waals surface area contributed by atoms with Crippen LogP contribution in [0.1, 0.15) is 11.1 Å². The maximum absolute atomic E-state index is 14.1. The number of ether oxygens (including phenoxy) is 1. The smallest absolute Gasteiger partial charge is 0.233 e. The van der Waals surface area contributed by atoms with Gasteiger partial charge in [-0.15, -0.1) is 12.4 Å². The first kappa shape index (κ1) is 21.7. The molecule has 1 aromatic heterocycles. The summed E-state index contributed by atoms with van der Waals surface area (Å²) in [5.74, 6) is 0.819. The Labute approximate surface area is 181 Å². The molecule has 0 atom stereocenters. The molecule has 0 amide bonds. The minimum Gasteiger partial charge on any atom is -0.378 e. The molecule has 2 heterocycles. The van der Waals surface area contributed by atoms with Crippen molar-refractivity contribution < 1.29 is 9.13 Å². The predicted octanol–water partition coefficient (Wildman–Crippen LogP) is 4.37. The average molecular weight is 431 g/mol. The molecule has 9 heteroatoms. The molecule has 30 heavy (non-hydrogen) atoms. The third-order valence-corrected chi connectivity index (χ3v) is 4.80. The molecule has 2 N–H and O–H groups in total. The molecule has 0 unspecified atom stereocenters. The number of rotatable bonds is 5. The van der Waals surface area contributed by atoms with Gasteiger partial charge in [-0.25, -0.2) is 4.39 Å². The number of nitrogens with one attached hydrogen (secondary N) is 2. The molecule has 0 bridgehead atoms. The number of benzene rings is 2. The zero-order valence-electron chi connectivity index (χ0n) is 16.9. The Morgan fingerprint density at radius 3 is 2.30 bits per heavy atom. The van der Waals surface area contributed by atoms with Gasteiger partial charge in [0.15, 0.2) is 0 Å². The summed E-state index contributed by atoms with van der Waals surface area (Å²) in [5, 5.41) is 6.20. The second-order valence-electron chi connectivity index (χ2n) is 6.91. The summed E-state index contributed by atoms with van der Waals surface area (Å²) < 4.78 is 19.5. The first-order valence-corrected chi connectivity index (χ1v) is 9.53. The van der Waals surface area contributed by atoms with Crippen LogP contribution >= 0.6 is 12.4 Å². The highest BCUT2D eigenvalue weighted by Crippen LogP contribution is 2.23. The van der Waals surface area contributed by atoms with Gasteiger partial charge in [-0.1, -0.05) is 18.2 Å². The van der Waals surface area contributed by atoms with Crippen molar-refractivity contribution >= 4 is 41.6 Å². The van der Waals surface area contributed by atoms with Crippen molar-refractivity contribution in [3.63, 3.8) is 0 Å². The van der Waals surface area contributed by atoms with E-state index in [0.29, 0.717) is 43.9 Å². The van der Waals surface area contributed by atoms with E-state index >= 15 is 0 Å². The molecule has 2 aromatic carbocycles. The summed E-state index contributed by atoms with van der Waals surface area (Å²) in [7, 11) is 0. The van der Waals surface area contributed by atoms with Crippen molar-refractivity contribution in [2.24, 2.45) is 0 Å². The summed E-state index contributed by atoms with van der Waals surface area (Å²) in [6.07, 6.45) is 0. The van der Waals surface area contributed by atoms with Gasteiger partial charge in [0.05, 0.1) is 18.9 Å². The van der Waals surface area contributed by atoms with Crippen molar-refractivity contribution in [1.29, 1.82) is 0 Å². The monoisotopic (exact) mass is 430 g/mol. The molecule has 0 saturated carbocycles. The average Bonchev–Trinajstić information content (AvgIpc) is 2.73. The van der Waals surface area contributed by atoms with Crippen molar-refractivity contribution in [2.75, 3.05) is 41.8 Å². The topological polar surface area (TPSA) is 75.2 Å². The molecule has 1 aliphatic heterocycles. The van der Waals surface area contributed by atoms with Crippen LogP contribution in [0.3, 0.4) is 0 Å². The van der Waals surface area contributed by atoms with Crippen molar-refractivity contribution in [2.45, 2.75) is 13.8 Å². The van der Waals surface area contributed by atoms with Gasteiger partial charge < -0.3 is 20.3 Å². The first-order valence-electron chi connectivity index (χ1n) is 9.53. The van der Waals surface area contributed by atoms with Crippen LogP contribution in [-0.2, 0) is 4.74 Å². The fourth-order valence-electron chi connectivity index (χ4n) is 3.01. The number of halogens is 2. The lowest BCUT2D eigenvalue weighted by atomic mass is 10.1. The van der Waals surface area contributed by atoms with Gasteiger partial charge in [0.25, 0.3) is 0 Å². The molecule has 1 aliphatic rings. The van der Waals surface area contributed by atoms with Crippen LogP contribution in [0.15, 0.2) is 42.5 Å². The van der Waals surface area contributed by atoms with E-state index in [9.17, 15) is 4.39 Å². The number of hydrogen-bond acceptors (Lipinski definition) is 7. The molecular weight excluding hydrogens is 407 g/mol. The van der Waals surface area contributed by atoms with Crippen LogP contribution in [0.25, 0.3) is 0 Å². The van der Waals surface area contributed by atoms with Crippen molar-refractivity contribution in [3.8, 4) is 0 Å². The lowest BCUT2D eigenvalue weighted by Gasteiger charge is -2.27. The van der Waals surface area contributed by atoms with E-state index in [1.54, 1.807) is 18.2 Å². The zero-order valence-corrected chi connectivity index (χ0v) is 17.7. The first-order chi connectivity index (χ1) is 14.1. The van der Waals surface area contributed by atoms with Crippen LogP contribution < -0.4 is 15.5 Å². The van der Waals surface area contributed by atoms with Gasteiger partial charge in [0, 0.05) is 18.8 Å². The zero-order chi connectivity index (χ0) is 20.2. The third kappa shape index (κ3) is 5.14. The Bertz CT molecular complexity index is 1010. The summed E-state index contributed by atoms with van der Waals surface area (Å²) in [6.45, 7) is 6.72. The molecule has 158 valence electrons. The van der Waals surface area contributed by atoms with Gasteiger partial charge in [-0.05, 0) is 49.2 Å². The second kappa shape index (κ2) is 9.69. The number of aromatic nitrogens is 3. The number of hydrogen-bond donors (Lipinski definition) is 2. The number of nitrogens with zero attached hydrogens (tertiary/aromatic N) is 4. The molecule has 1 fully saturated rings. The lowest BCUT2D eigenvalue weighted by Crippen LogP contribution is -2.37. The van der Waals surface area contributed by atoms with Crippen LogP contribution in [0.4, 0.5) is 33.6 Å². The number of para-hydroxylation sites is 1. The Balaban J connectivity index is 0.00000256. The van der Waals surface area contributed by atoms with Crippen LogP contribution in [0.2, 0.25) is 0 Å². The molecule has 3 aromatic rings. The van der Waals surface area contributed by atoms with E-state index in [4.69, 9.17) is 4.74 Å². The van der Waals surface area contributed by atoms with Crippen LogP contribution in [0, 0.1) is 19.7 Å². The highest BCUT2D eigenvalue weighted by Gasteiger charge is 2.17. The molecule has 1 saturated heterocycles. The summed E-state index contributed by atoms with van der Waals surface area (Å²) >= 11 is 0. The van der Waals surface area contributed by atoms with E-state index in [-0.39, 0.29) is 24.2 Å². The second-order valence-corrected chi connectivity index (χ2v) is 6.91. The minimum atomic E-state index is -0.371. The number of morpholine rings is 1. The fourth-order valence-corrected chi connectivity index (χ4v) is 3.01.